The molecule has 57 heavy (non-hydrogen) atoms. The van der Waals surface area contributed by atoms with Gasteiger partial charge in [0.25, 0.3) is 0 Å². The Morgan fingerprint density at radius 2 is 0.842 bits per heavy atom. The van der Waals surface area contributed by atoms with Crippen LogP contribution in [0.25, 0.3) is 53.6 Å². The van der Waals surface area contributed by atoms with E-state index in [1.807, 2.05) is 11.3 Å². The highest BCUT2D eigenvalue weighted by Crippen LogP contribution is 2.58. The Hall–Kier alpha value is -7.00. The number of hydrogen-bond donors (Lipinski definition) is 0. The lowest BCUT2D eigenvalue weighted by Crippen LogP contribution is -2.28. The highest BCUT2D eigenvalue weighted by molar-refractivity contribution is 7.26. The van der Waals surface area contributed by atoms with Crippen LogP contribution in [0.2, 0.25) is 0 Å². The van der Waals surface area contributed by atoms with Crippen LogP contribution in [0.15, 0.2) is 224 Å². The molecule has 0 radical (unpaired) electrons. The fourth-order valence-corrected chi connectivity index (χ4v) is 10.5. The molecule has 0 saturated carbocycles. The smallest absolute Gasteiger partial charge is 0.0727 e. The van der Waals surface area contributed by atoms with Gasteiger partial charge in [-0.1, -0.05) is 176 Å². The van der Waals surface area contributed by atoms with E-state index in [-0.39, 0.29) is 0 Å². The maximum atomic E-state index is 2.41. The van der Waals surface area contributed by atoms with Crippen LogP contribution < -0.4 is 4.90 Å². The molecule has 1 aliphatic rings. The van der Waals surface area contributed by atoms with E-state index in [0.717, 1.165) is 17.1 Å². The molecule has 0 unspecified atom stereocenters. The Morgan fingerprint density at radius 3 is 1.56 bits per heavy atom. The predicted molar refractivity (Wildman–Crippen MR) is 242 cm³/mol. The Kier molecular flexibility index (Phi) is 7.98. The highest BCUT2D eigenvalue weighted by atomic mass is 32.1. The van der Waals surface area contributed by atoms with Crippen LogP contribution in [-0.2, 0) is 5.41 Å². The van der Waals surface area contributed by atoms with Crippen LogP contribution in [0.1, 0.15) is 22.3 Å². The van der Waals surface area contributed by atoms with Crippen LogP contribution in [0, 0.1) is 0 Å². The van der Waals surface area contributed by atoms with E-state index in [4.69, 9.17) is 0 Å². The maximum Gasteiger partial charge on any atom is 0.0727 e. The molecule has 0 saturated heterocycles. The van der Waals surface area contributed by atoms with Gasteiger partial charge in [-0.2, -0.15) is 0 Å². The minimum absolute atomic E-state index is 0.438. The predicted octanol–water partition coefficient (Wildman–Crippen LogP) is 15.2. The first-order valence-corrected chi connectivity index (χ1v) is 20.4. The van der Waals surface area contributed by atoms with E-state index in [2.05, 4.69) is 229 Å². The molecule has 0 fully saturated rings. The first kappa shape index (κ1) is 33.3. The maximum absolute atomic E-state index is 2.41. The molecule has 0 amide bonds. The Labute approximate surface area is 337 Å². The third kappa shape index (κ3) is 5.37. The third-order valence-electron chi connectivity index (χ3n) is 11.7. The fraction of sp³-hybridized carbons (Fsp3) is 0.0182. The first-order valence-electron chi connectivity index (χ1n) is 19.6. The second kappa shape index (κ2) is 13.6. The number of benzene rings is 9. The van der Waals surface area contributed by atoms with E-state index in [1.165, 1.54) is 75.8 Å². The minimum Gasteiger partial charge on any atom is -0.310 e. The molecule has 0 spiro atoms. The Balaban J connectivity index is 1.05. The number of nitrogens with zero attached hydrogens (tertiary/aromatic N) is 1. The van der Waals surface area contributed by atoms with Crippen molar-refractivity contribution < 1.29 is 0 Å². The van der Waals surface area contributed by atoms with Gasteiger partial charge < -0.3 is 4.90 Å². The Morgan fingerprint density at radius 1 is 0.333 bits per heavy atom. The Bertz CT molecular complexity index is 3010. The van der Waals surface area contributed by atoms with Crippen LogP contribution >= 0.6 is 11.3 Å². The number of hydrogen-bond acceptors (Lipinski definition) is 2. The van der Waals surface area contributed by atoms with Gasteiger partial charge in [-0.15, -0.1) is 11.3 Å². The van der Waals surface area contributed by atoms with Gasteiger partial charge in [0.15, 0.2) is 0 Å². The van der Waals surface area contributed by atoms with Crippen LogP contribution in [0.5, 0.6) is 0 Å². The normalized spacial score (nSPS) is 12.7. The summed E-state index contributed by atoms with van der Waals surface area (Å²) in [4.78, 5) is 2.35. The molecule has 1 heterocycles. The second-order valence-corrected chi connectivity index (χ2v) is 15.9. The molecule has 10 aromatic rings. The van der Waals surface area contributed by atoms with Gasteiger partial charge in [0, 0.05) is 37.2 Å². The topological polar surface area (TPSA) is 3.24 Å². The quantitative estimate of drug-likeness (QED) is 0.157. The van der Waals surface area contributed by atoms with Crippen molar-refractivity contribution in [3.05, 3.63) is 247 Å². The lowest BCUT2D eigenvalue weighted by molar-refractivity contribution is 0.778. The average Bonchev–Trinajstić information content (AvgIpc) is 3.82. The number of rotatable bonds is 7. The van der Waals surface area contributed by atoms with Crippen molar-refractivity contribution >= 4 is 48.6 Å². The molecule has 0 atom stereocenters. The zero-order chi connectivity index (χ0) is 37.8. The lowest BCUT2D eigenvalue weighted by atomic mass is 9.67. The summed E-state index contributed by atoms with van der Waals surface area (Å²) in [7, 11) is 0. The third-order valence-corrected chi connectivity index (χ3v) is 13.0. The van der Waals surface area contributed by atoms with Gasteiger partial charge in [0.05, 0.1) is 5.41 Å². The summed E-state index contributed by atoms with van der Waals surface area (Å²) in [5.41, 5.74) is 15.7. The molecule has 2 heteroatoms. The summed E-state index contributed by atoms with van der Waals surface area (Å²) in [6, 6.07) is 82.2. The van der Waals surface area contributed by atoms with Crippen molar-refractivity contribution in [3.63, 3.8) is 0 Å². The zero-order valence-corrected chi connectivity index (χ0v) is 32.0. The monoisotopic (exact) mass is 743 g/mol. The molecule has 0 bridgehead atoms. The van der Waals surface area contributed by atoms with E-state index in [1.54, 1.807) is 0 Å². The summed E-state index contributed by atoms with van der Waals surface area (Å²) in [6.45, 7) is 0. The summed E-state index contributed by atoms with van der Waals surface area (Å²) in [5.74, 6) is 0. The highest BCUT2D eigenvalue weighted by Gasteiger charge is 2.46. The van der Waals surface area contributed by atoms with Crippen molar-refractivity contribution in [2.45, 2.75) is 5.41 Å². The van der Waals surface area contributed by atoms with Crippen molar-refractivity contribution in [1.82, 2.24) is 0 Å². The summed E-state index contributed by atoms with van der Waals surface area (Å²) in [6.07, 6.45) is 0. The van der Waals surface area contributed by atoms with Crippen LogP contribution in [0.3, 0.4) is 0 Å². The van der Waals surface area contributed by atoms with Crippen molar-refractivity contribution in [2.75, 3.05) is 4.90 Å². The second-order valence-electron chi connectivity index (χ2n) is 14.8. The molecule has 0 aliphatic heterocycles. The van der Waals surface area contributed by atoms with Gasteiger partial charge in [0.2, 0.25) is 0 Å². The van der Waals surface area contributed by atoms with Crippen molar-refractivity contribution in [2.24, 2.45) is 0 Å². The van der Waals surface area contributed by atoms with E-state index in [9.17, 15) is 0 Å². The van der Waals surface area contributed by atoms with Crippen LogP contribution in [-0.4, -0.2) is 0 Å². The minimum atomic E-state index is -0.438. The number of thiophene rings is 1. The largest absolute Gasteiger partial charge is 0.310 e. The molecule has 268 valence electrons. The van der Waals surface area contributed by atoms with Gasteiger partial charge >= 0.3 is 0 Å². The van der Waals surface area contributed by atoms with Gasteiger partial charge in [0.1, 0.15) is 0 Å². The average molecular weight is 744 g/mol. The zero-order valence-electron chi connectivity index (χ0n) is 31.2. The van der Waals surface area contributed by atoms with Crippen molar-refractivity contribution in [3.8, 4) is 33.4 Å². The van der Waals surface area contributed by atoms with Crippen LogP contribution in [0.4, 0.5) is 17.1 Å². The number of para-hydroxylation sites is 1. The standard InChI is InChI=1S/C55H37NS/c1-4-16-38(17-5-1)39-30-33-44(34-31-39)56(43-21-8-3-9-22-43)45-23-14-18-40(36-45)41-32-35-53-49(37-41)48-26-15-29-52(54(48)57-53)55(42-19-6-2-7-20-42)50-27-12-10-24-46(50)47-25-11-13-28-51(47)55/h1-37H. The molecule has 11 rings (SSSR count). The lowest BCUT2D eigenvalue weighted by Gasteiger charge is -2.34. The molecule has 0 N–H and O–H groups in total. The van der Waals surface area contributed by atoms with Crippen molar-refractivity contribution in [1.29, 1.82) is 0 Å². The van der Waals surface area contributed by atoms with Gasteiger partial charge in [-0.05, 0) is 104 Å². The van der Waals surface area contributed by atoms with E-state index < -0.39 is 5.41 Å². The molecular weight excluding hydrogens is 707 g/mol. The van der Waals surface area contributed by atoms with Gasteiger partial charge in [-0.3, -0.25) is 0 Å². The molecule has 1 aliphatic carbocycles. The van der Waals surface area contributed by atoms with E-state index >= 15 is 0 Å². The number of anilines is 3. The summed E-state index contributed by atoms with van der Waals surface area (Å²) in [5, 5.41) is 2.59. The van der Waals surface area contributed by atoms with E-state index in [0.29, 0.717) is 0 Å². The molecular formula is C55H37NS. The first-order chi connectivity index (χ1) is 28.3. The molecule has 9 aromatic carbocycles. The summed E-state index contributed by atoms with van der Waals surface area (Å²) < 4.78 is 2.63. The van der Waals surface area contributed by atoms with Gasteiger partial charge in [-0.25, -0.2) is 0 Å². The summed E-state index contributed by atoms with van der Waals surface area (Å²) >= 11 is 1.92. The molecule has 1 nitrogen and oxygen atoms in total. The molecule has 1 aromatic heterocycles. The SMILES string of the molecule is c1ccc(-c2ccc(N(c3ccccc3)c3cccc(-c4ccc5sc6c(C7(c8ccccc8)c8ccccc8-c8ccccc87)cccc6c5c4)c3)cc2)cc1. The number of fused-ring (bicyclic) bond motifs is 6. The fourth-order valence-electron chi connectivity index (χ4n) is 9.24.